The average Bonchev–Trinajstić information content (AvgIpc) is 3.09. The topological polar surface area (TPSA) is 71.3 Å². The summed E-state index contributed by atoms with van der Waals surface area (Å²) < 4.78 is 5.17. The van der Waals surface area contributed by atoms with E-state index in [0.29, 0.717) is 29.6 Å². The van der Waals surface area contributed by atoms with Gasteiger partial charge in [-0.05, 0) is 25.4 Å². The second kappa shape index (κ2) is 6.62. The van der Waals surface area contributed by atoms with E-state index in [1.54, 1.807) is 18.0 Å². The Labute approximate surface area is 121 Å². The molecule has 1 amide bonds. The highest BCUT2D eigenvalue weighted by atomic mass is 32.1. The summed E-state index contributed by atoms with van der Waals surface area (Å²) in [6.45, 7) is 2.36. The molecule has 2 heterocycles. The largest absolute Gasteiger partial charge is 0.337 e. The smallest absolute Gasteiger partial charge is 0.264 e. The Morgan fingerprint density at radius 1 is 1.60 bits per heavy atom. The molecule has 0 saturated carbocycles. The van der Waals surface area contributed by atoms with Gasteiger partial charge in [0.15, 0.2) is 5.82 Å². The van der Waals surface area contributed by atoms with Gasteiger partial charge in [-0.3, -0.25) is 4.79 Å². The van der Waals surface area contributed by atoms with Crippen LogP contribution in [0.1, 0.15) is 28.3 Å². The first-order valence-corrected chi connectivity index (χ1v) is 7.25. The highest BCUT2D eigenvalue weighted by molar-refractivity contribution is 7.12. The number of aromatic nitrogens is 2. The van der Waals surface area contributed by atoms with Crippen molar-refractivity contribution in [3.8, 4) is 0 Å². The van der Waals surface area contributed by atoms with Crippen LogP contribution >= 0.6 is 11.3 Å². The lowest BCUT2D eigenvalue weighted by molar-refractivity contribution is 0.0774. The van der Waals surface area contributed by atoms with Crippen LogP contribution in [0, 0.1) is 0 Å². The van der Waals surface area contributed by atoms with E-state index in [1.807, 2.05) is 25.4 Å². The number of nitrogens with one attached hydrogen (secondary N) is 1. The van der Waals surface area contributed by atoms with E-state index < -0.39 is 0 Å². The minimum Gasteiger partial charge on any atom is -0.337 e. The molecule has 0 fully saturated rings. The Morgan fingerprint density at radius 3 is 3.05 bits per heavy atom. The number of hydrogen-bond donors (Lipinski definition) is 1. The van der Waals surface area contributed by atoms with Crippen LogP contribution in [-0.2, 0) is 13.0 Å². The van der Waals surface area contributed by atoms with Crippen molar-refractivity contribution < 1.29 is 9.32 Å². The molecule has 0 spiro atoms. The maximum absolute atomic E-state index is 12.1. The summed E-state index contributed by atoms with van der Waals surface area (Å²) in [6, 6.07) is 3.94. The fourth-order valence-electron chi connectivity index (χ4n) is 1.68. The minimum absolute atomic E-state index is 0.0386. The fraction of sp³-hybridized carbons (Fsp3) is 0.462. The lowest BCUT2D eigenvalue weighted by Crippen LogP contribution is -2.26. The highest BCUT2D eigenvalue weighted by Gasteiger charge is 2.16. The summed E-state index contributed by atoms with van der Waals surface area (Å²) in [5, 5.41) is 8.91. The van der Waals surface area contributed by atoms with Crippen LogP contribution in [0.4, 0.5) is 0 Å². The monoisotopic (exact) mass is 294 g/mol. The Morgan fingerprint density at radius 2 is 2.40 bits per heavy atom. The van der Waals surface area contributed by atoms with Crippen molar-refractivity contribution in [2.75, 3.05) is 14.1 Å². The van der Waals surface area contributed by atoms with E-state index in [1.165, 1.54) is 11.3 Å². The van der Waals surface area contributed by atoms with Gasteiger partial charge in [-0.15, -0.1) is 11.3 Å². The standard InChI is InChI=1S/C13H18N4O2S/c1-9(14-2)7-11-15-12(19-16-11)8-17(3)13(18)10-5-4-6-20-10/h4-6,9,14H,7-8H2,1-3H3. The van der Waals surface area contributed by atoms with Gasteiger partial charge in [0.2, 0.25) is 5.89 Å². The molecule has 0 aliphatic heterocycles. The first-order valence-electron chi connectivity index (χ1n) is 6.38. The molecule has 2 rings (SSSR count). The van der Waals surface area contributed by atoms with Gasteiger partial charge in [-0.2, -0.15) is 4.98 Å². The number of thiophene rings is 1. The average molecular weight is 294 g/mol. The molecule has 0 aliphatic carbocycles. The summed E-state index contributed by atoms with van der Waals surface area (Å²) in [5.74, 6) is 1.07. The second-order valence-corrected chi connectivity index (χ2v) is 5.58. The molecule has 1 unspecified atom stereocenters. The molecule has 1 atom stereocenters. The molecular weight excluding hydrogens is 276 g/mol. The van der Waals surface area contributed by atoms with Crippen LogP contribution in [0.15, 0.2) is 22.0 Å². The number of nitrogens with zero attached hydrogens (tertiary/aromatic N) is 3. The van der Waals surface area contributed by atoms with Gasteiger partial charge in [0.05, 0.1) is 4.88 Å². The van der Waals surface area contributed by atoms with Crippen LogP contribution in [0.2, 0.25) is 0 Å². The molecule has 0 saturated heterocycles. The van der Waals surface area contributed by atoms with Gasteiger partial charge in [0.1, 0.15) is 6.54 Å². The van der Waals surface area contributed by atoms with Gasteiger partial charge in [-0.25, -0.2) is 0 Å². The molecule has 0 aromatic carbocycles. The molecule has 108 valence electrons. The van der Waals surface area contributed by atoms with Gasteiger partial charge in [0.25, 0.3) is 5.91 Å². The van der Waals surface area contributed by atoms with Crippen molar-refractivity contribution in [1.29, 1.82) is 0 Å². The van der Waals surface area contributed by atoms with E-state index in [4.69, 9.17) is 4.52 Å². The molecule has 1 N–H and O–H groups in total. The van der Waals surface area contributed by atoms with E-state index in [0.717, 1.165) is 0 Å². The summed E-state index contributed by atoms with van der Waals surface area (Å²) in [6.07, 6.45) is 0.697. The zero-order valence-corrected chi connectivity index (χ0v) is 12.6. The normalized spacial score (nSPS) is 12.3. The van der Waals surface area contributed by atoms with Gasteiger partial charge in [0, 0.05) is 19.5 Å². The SMILES string of the molecule is CNC(C)Cc1noc(CN(C)C(=O)c2cccs2)n1. The Hall–Kier alpha value is -1.73. The molecule has 20 heavy (non-hydrogen) atoms. The molecule has 0 aliphatic rings. The Bertz CT molecular complexity index is 552. The van der Waals surface area contributed by atoms with Crippen molar-refractivity contribution in [2.45, 2.75) is 25.9 Å². The first-order chi connectivity index (χ1) is 9.60. The number of amides is 1. The maximum Gasteiger partial charge on any atom is 0.264 e. The molecule has 7 heteroatoms. The lowest BCUT2D eigenvalue weighted by atomic mass is 10.2. The van der Waals surface area contributed by atoms with Crippen LogP contribution in [0.5, 0.6) is 0 Å². The number of rotatable bonds is 6. The fourth-order valence-corrected chi connectivity index (χ4v) is 2.39. The van der Waals surface area contributed by atoms with E-state index in [2.05, 4.69) is 15.5 Å². The van der Waals surface area contributed by atoms with Crippen LogP contribution in [-0.4, -0.2) is 41.1 Å². The maximum atomic E-state index is 12.1. The van der Waals surface area contributed by atoms with Gasteiger partial charge in [-0.1, -0.05) is 11.2 Å². The van der Waals surface area contributed by atoms with Crippen molar-refractivity contribution >= 4 is 17.2 Å². The molecule has 2 aromatic heterocycles. The summed E-state index contributed by atoms with van der Waals surface area (Å²) in [7, 11) is 3.61. The zero-order chi connectivity index (χ0) is 14.5. The third-order valence-electron chi connectivity index (χ3n) is 2.94. The third kappa shape index (κ3) is 3.64. The van der Waals surface area contributed by atoms with Crippen LogP contribution in [0.3, 0.4) is 0 Å². The number of hydrogen-bond acceptors (Lipinski definition) is 6. The Balaban J connectivity index is 1.94. The quantitative estimate of drug-likeness (QED) is 0.875. The van der Waals surface area contributed by atoms with E-state index in [9.17, 15) is 4.79 Å². The summed E-state index contributed by atoms with van der Waals surface area (Å²) in [4.78, 5) is 18.6. The molecular formula is C13H18N4O2S. The van der Waals surface area contributed by atoms with Crippen molar-refractivity contribution in [3.05, 3.63) is 34.1 Å². The second-order valence-electron chi connectivity index (χ2n) is 4.64. The summed E-state index contributed by atoms with van der Waals surface area (Å²) in [5.41, 5.74) is 0. The van der Waals surface area contributed by atoms with Crippen LogP contribution in [0.25, 0.3) is 0 Å². The molecule has 0 radical (unpaired) electrons. The van der Waals surface area contributed by atoms with Crippen molar-refractivity contribution in [2.24, 2.45) is 0 Å². The third-order valence-corrected chi connectivity index (χ3v) is 3.80. The van der Waals surface area contributed by atoms with E-state index in [-0.39, 0.29) is 11.9 Å². The first kappa shape index (κ1) is 14.7. The lowest BCUT2D eigenvalue weighted by Gasteiger charge is -2.13. The molecule has 2 aromatic rings. The Kier molecular flexibility index (Phi) is 4.86. The number of likely N-dealkylation sites (N-methyl/N-ethyl adjacent to an activating group) is 1. The molecule has 6 nitrogen and oxygen atoms in total. The number of carbonyl (C=O) groups is 1. The highest BCUT2D eigenvalue weighted by Crippen LogP contribution is 2.12. The van der Waals surface area contributed by atoms with Crippen molar-refractivity contribution in [1.82, 2.24) is 20.4 Å². The predicted octanol–water partition coefficient (Wildman–Crippen LogP) is 1.55. The zero-order valence-electron chi connectivity index (χ0n) is 11.8. The minimum atomic E-state index is -0.0386. The van der Waals surface area contributed by atoms with Gasteiger partial charge < -0.3 is 14.7 Å². The van der Waals surface area contributed by atoms with E-state index >= 15 is 0 Å². The van der Waals surface area contributed by atoms with Gasteiger partial charge >= 0.3 is 0 Å². The predicted molar refractivity (Wildman–Crippen MR) is 76.6 cm³/mol. The van der Waals surface area contributed by atoms with Crippen molar-refractivity contribution in [3.63, 3.8) is 0 Å². The number of carbonyl (C=O) groups excluding carboxylic acids is 1. The summed E-state index contributed by atoms with van der Waals surface area (Å²) >= 11 is 1.42. The van der Waals surface area contributed by atoms with Crippen LogP contribution < -0.4 is 5.32 Å². The molecule has 0 bridgehead atoms.